The largest absolute Gasteiger partial charge is 0.460 e. The zero-order valence-corrected chi connectivity index (χ0v) is 16.8. The first-order valence-electron chi connectivity index (χ1n) is 10.6. The number of anilines is 1. The number of hydrogen-bond acceptors (Lipinski definition) is 3. The summed E-state index contributed by atoms with van der Waals surface area (Å²) in [5, 5.41) is 5.73. The van der Waals surface area contributed by atoms with Gasteiger partial charge in [-0.25, -0.2) is 4.39 Å². The topological polar surface area (TPSA) is 42.2 Å². The average Bonchev–Trinajstić information content (AvgIpc) is 3.27. The summed E-state index contributed by atoms with van der Waals surface area (Å²) >= 11 is 0. The Balaban J connectivity index is 1.59. The molecule has 31 heavy (non-hydrogen) atoms. The lowest BCUT2D eigenvalue weighted by molar-refractivity contribution is -0.116. The van der Waals surface area contributed by atoms with Crippen LogP contribution in [0.3, 0.4) is 0 Å². The van der Waals surface area contributed by atoms with Crippen molar-refractivity contribution in [2.75, 3.05) is 5.32 Å². The minimum absolute atomic E-state index is 0.154. The second-order valence-electron chi connectivity index (χ2n) is 8.16. The van der Waals surface area contributed by atoms with Crippen LogP contribution in [0.2, 0.25) is 0 Å². The molecule has 0 radical (unpaired) electrons. The van der Waals surface area contributed by atoms with Crippen LogP contribution < -0.4 is 5.32 Å². The van der Waals surface area contributed by atoms with Crippen molar-refractivity contribution in [1.29, 1.82) is 0 Å². The molecule has 6 rings (SSSR count). The van der Waals surface area contributed by atoms with Gasteiger partial charge in [0, 0.05) is 23.4 Å². The van der Waals surface area contributed by atoms with Crippen LogP contribution in [0.25, 0.3) is 22.1 Å². The van der Waals surface area contributed by atoms with E-state index in [1.165, 1.54) is 6.07 Å². The normalized spacial score (nSPS) is 18.0. The fraction of sp³-hybridized carbons (Fsp3) is 0.148. The number of rotatable bonds is 2. The molecule has 4 aromatic rings. The average molecular weight is 409 g/mol. The molecule has 0 spiro atoms. The third-order valence-corrected chi connectivity index (χ3v) is 6.34. The molecule has 1 aliphatic carbocycles. The summed E-state index contributed by atoms with van der Waals surface area (Å²) in [6, 6.07) is 22.6. The van der Waals surface area contributed by atoms with Gasteiger partial charge < -0.3 is 9.73 Å². The van der Waals surface area contributed by atoms with Crippen molar-refractivity contribution in [3.63, 3.8) is 0 Å². The summed E-state index contributed by atoms with van der Waals surface area (Å²) in [4.78, 5) is 13.1. The molecule has 0 bridgehead atoms. The van der Waals surface area contributed by atoms with E-state index in [-0.39, 0.29) is 17.5 Å². The van der Waals surface area contributed by atoms with Gasteiger partial charge in [0.25, 0.3) is 0 Å². The van der Waals surface area contributed by atoms with Crippen LogP contribution in [-0.4, -0.2) is 5.78 Å². The Bertz CT molecular complexity index is 1380. The molecule has 0 fully saturated rings. The van der Waals surface area contributed by atoms with Crippen molar-refractivity contribution in [1.82, 2.24) is 0 Å². The van der Waals surface area contributed by atoms with Crippen molar-refractivity contribution in [3.05, 3.63) is 101 Å². The summed E-state index contributed by atoms with van der Waals surface area (Å²) in [7, 11) is 0. The Morgan fingerprint density at radius 3 is 2.65 bits per heavy atom. The van der Waals surface area contributed by atoms with Gasteiger partial charge >= 0.3 is 0 Å². The molecule has 0 amide bonds. The molecular weight excluding hydrogens is 389 g/mol. The highest BCUT2D eigenvalue weighted by molar-refractivity contribution is 6.03. The molecular formula is C27H20FNO2. The molecule has 1 unspecified atom stereocenters. The lowest BCUT2D eigenvalue weighted by Crippen LogP contribution is -2.26. The van der Waals surface area contributed by atoms with Crippen LogP contribution in [-0.2, 0) is 4.79 Å². The van der Waals surface area contributed by atoms with Crippen molar-refractivity contribution >= 4 is 22.2 Å². The van der Waals surface area contributed by atoms with Gasteiger partial charge in [0.05, 0.1) is 11.5 Å². The van der Waals surface area contributed by atoms with Crippen LogP contribution >= 0.6 is 0 Å². The number of carbonyl (C=O) groups excluding carboxylic acids is 1. The zero-order chi connectivity index (χ0) is 20.9. The second kappa shape index (κ2) is 6.95. The Labute approximate surface area is 179 Å². The van der Waals surface area contributed by atoms with Gasteiger partial charge in [-0.2, -0.15) is 0 Å². The molecule has 1 atom stereocenters. The predicted octanol–water partition coefficient (Wildman–Crippen LogP) is 6.80. The van der Waals surface area contributed by atoms with E-state index >= 15 is 0 Å². The molecule has 1 aliphatic heterocycles. The minimum atomic E-state index is -0.326. The highest BCUT2D eigenvalue weighted by Gasteiger charge is 2.37. The molecule has 1 aromatic heterocycles. The number of carbonyl (C=O) groups is 1. The van der Waals surface area contributed by atoms with Gasteiger partial charge in [-0.3, -0.25) is 4.79 Å². The fourth-order valence-corrected chi connectivity index (χ4v) is 4.95. The van der Waals surface area contributed by atoms with Gasteiger partial charge in [0.2, 0.25) is 0 Å². The van der Waals surface area contributed by atoms with E-state index in [1.807, 2.05) is 18.2 Å². The smallest absolute Gasteiger partial charge is 0.161 e. The van der Waals surface area contributed by atoms with Gasteiger partial charge in [-0.1, -0.05) is 42.5 Å². The van der Waals surface area contributed by atoms with E-state index in [1.54, 1.807) is 24.3 Å². The van der Waals surface area contributed by atoms with E-state index < -0.39 is 0 Å². The monoisotopic (exact) mass is 409 g/mol. The maximum atomic E-state index is 14.4. The first kappa shape index (κ1) is 18.1. The number of benzene rings is 3. The number of hydrogen-bond donors (Lipinski definition) is 1. The number of Topliss-reactive ketones (excluding diaryl/α,β-unsaturated/α-hetero) is 1. The molecule has 3 aromatic carbocycles. The summed E-state index contributed by atoms with van der Waals surface area (Å²) in [6.45, 7) is 0. The van der Waals surface area contributed by atoms with Crippen molar-refractivity contribution in [3.8, 4) is 11.3 Å². The Kier molecular flexibility index (Phi) is 4.06. The number of ketones is 1. The maximum Gasteiger partial charge on any atom is 0.161 e. The van der Waals surface area contributed by atoms with Gasteiger partial charge in [0.15, 0.2) is 5.78 Å². The van der Waals surface area contributed by atoms with E-state index in [2.05, 4.69) is 29.6 Å². The Morgan fingerprint density at radius 1 is 0.903 bits per heavy atom. The summed E-state index contributed by atoms with van der Waals surface area (Å²) in [5.74, 6) is 0.652. The van der Waals surface area contributed by atoms with Crippen LogP contribution in [0.4, 0.5) is 10.1 Å². The lowest BCUT2D eigenvalue weighted by Gasteiger charge is -2.33. The SMILES string of the molecule is O=C1CCCC2=C1C(c1ccc(-c3ccccc3F)o1)c1c(ccc3ccccc13)N2. The number of furan rings is 1. The van der Waals surface area contributed by atoms with Crippen molar-refractivity contribution in [2.24, 2.45) is 0 Å². The molecule has 2 heterocycles. The van der Waals surface area contributed by atoms with E-state index in [0.717, 1.165) is 46.1 Å². The first-order valence-corrected chi connectivity index (χ1v) is 10.6. The maximum absolute atomic E-state index is 14.4. The second-order valence-corrected chi connectivity index (χ2v) is 8.16. The van der Waals surface area contributed by atoms with Gasteiger partial charge in [-0.15, -0.1) is 0 Å². The van der Waals surface area contributed by atoms with Crippen LogP contribution in [0.1, 0.15) is 36.5 Å². The summed E-state index contributed by atoms with van der Waals surface area (Å²) < 4.78 is 20.6. The summed E-state index contributed by atoms with van der Waals surface area (Å²) in [5.41, 5.74) is 4.23. The molecule has 2 aliphatic rings. The molecule has 4 heteroatoms. The fourth-order valence-electron chi connectivity index (χ4n) is 4.95. The number of nitrogens with one attached hydrogen (secondary N) is 1. The van der Waals surface area contributed by atoms with Crippen molar-refractivity contribution < 1.29 is 13.6 Å². The van der Waals surface area contributed by atoms with Gasteiger partial charge in [0.1, 0.15) is 17.3 Å². The quantitative estimate of drug-likeness (QED) is 0.396. The molecule has 152 valence electrons. The number of fused-ring (bicyclic) bond motifs is 3. The highest BCUT2D eigenvalue weighted by atomic mass is 19.1. The minimum Gasteiger partial charge on any atom is -0.460 e. The van der Waals surface area contributed by atoms with Crippen LogP contribution in [0.15, 0.2) is 88.5 Å². The third kappa shape index (κ3) is 2.82. The zero-order valence-electron chi connectivity index (χ0n) is 16.8. The number of allylic oxidation sites excluding steroid dienone is 2. The van der Waals surface area contributed by atoms with E-state index in [4.69, 9.17) is 4.42 Å². The predicted molar refractivity (Wildman–Crippen MR) is 119 cm³/mol. The number of halogens is 1. The van der Waals surface area contributed by atoms with Crippen LogP contribution in [0, 0.1) is 5.82 Å². The molecule has 0 saturated carbocycles. The van der Waals surface area contributed by atoms with E-state index in [9.17, 15) is 9.18 Å². The molecule has 3 nitrogen and oxygen atoms in total. The van der Waals surface area contributed by atoms with Crippen LogP contribution in [0.5, 0.6) is 0 Å². The highest BCUT2D eigenvalue weighted by Crippen LogP contribution is 2.48. The van der Waals surface area contributed by atoms with Gasteiger partial charge in [-0.05, 0) is 59.5 Å². The Hall–Kier alpha value is -3.66. The van der Waals surface area contributed by atoms with Crippen molar-refractivity contribution in [2.45, 2.75) is 25.2 Å². The van der Waals surface area contributed by atoms with E-state index in [0.29, 0.717) is 23.5 Å². The Morgan fingerprint density at radius 2 is 1.74 bits per heavy atom. The standard InChI is InChI=1S/C27H20FNO2/c28-19-9-4-3-8-18(19)23-14-15-24(31-23)27-25-17-7-2-1-6-16(17)12-13-21(25)29-20-10-5-11-22(30)26(20)27/h1-4,6-9,12-15,27,29H,5,10-11H2. The summed E-state index contributed by atoms with van der Waals surface area (Å²) in [6.07, 6.45) is 2.22. The third-order valence-electron chi connectivity index (χ3n) is 6.34. The molecule has 1 N–H and O–H groups in total. The molecule has 0 saturated heterocycles. The first-order chi connectivity index (χ1) is 15.2. The lowest BCUT2D eigenvalue weighted by atomic mass is 9.76.